The third-order valence-electron chi connectivity index (χ3n) is 4.55. The summed E-state index contributed by atoms with van der Waals surface area (Å²) in [6.07, 6.45) is 5.91. The zero-order valence-electron chi connectivity index (χ0n) is 16.0. The lowest BCUT2D eigenvalue weighted by atomic mass is 10.00. The summed E-state index contributed by atoms with van der Waals surface area (Å²) in [5, 5.41) is 8.49. The van der Waals surface area contributed by atoms with Crippen LogP contribution in [0.15, 0.2) is 35.0 Å². The molecule has 0 aromatic heterocycles. The van der Waals surface area contributed by atoms with Gasteiger partial charge in [-0.1, -0.05) is 31.4 Å². The molecule has 1 aromatic rings. The predicted octanol–water partition coefficient (Wildman–Crippen LogP) is 2.36. The fourth-order valence-corrected chi connectivity index (χ4v) is 3.56. The summed E-state index contributed by atoms with van der Waals surface area (Å²) in [4.78, 5) is 6.59. The molecule has 6 nitrogen and oxygen atoms in total. The van der Waals surface area contributed by atoms with Gasteiger partial charge in [-0.3, -0.25) is 10.4 Å². The molecule has 142 valence electrons. The molecule has 7 heteroatoms. The van der Waals surface area contributed by atoms with Crippen molar-refractivity contribution < 1.29 is 0 Å². The number of aliphatic imine (C=N–C) groups is 1. The molecule has 1 aliphatic heterocycles. The van der Waals surface area contributed by atoms with E-state index in [0.29, 0.717) is 16.9 Å². The van der Waals surface area contributed by atoms with Gasteiger partial charge in [0, 0.05) is 50.6 Å². The highest BCUT2D eigenvalue weighted by molar-refractivity contribution is 7.96. The van der Waals surface area contributed by atoms with Crippen molar-refractivity contribution in [2.45, 2.75) is 19.8 Å². The van der Waals surface area contributed by atoms with E-state index in [1.54, 1.807) is 25.1 Å². The van der Waals surface area contributed by atoms with E-state index in [9.17, 15) is 0 Å². The van der Waals surface area contributed by atoms with Crippen LogP contribution >= 0.6 is 11.9 Å². The SMILES string of the molecule is CCCc1ccc(N)c(C(=N)C(N)=CC(=NC)N2CCN(SC)CC2)c1. The van der Waals surface area contributed by atoms with Crippen LogP contribution in [0, 0.1) is 5.41 Å². The first kappa shape index (κ1) is 20.3. The minimum absolute atomic E-state index is 0.254. The monoisotopic (exact) mass is 374 g/mol. The Bertz CT molecular complexity index is 689. The lowest BCUT2D eigenvalue weighted by Crippen LogP contribution is -2.46. The lowest BCUT2D eigenvalue weighted by Gasteiger charge is -2.34. The van der Waals surface area contributed by atoms with Crippen LogP contribution in [0.4, 0.5) is 5.69 Å². The summed E-state index contributed by atoms with van der Waals surface area (Å²) in [5.74, 6) is 0.816. The molecule has 0 unspecified atom stereocenters. The van der Waals surface area contributed by atoms with Gasteiger partial charge >= 0.3 is 0 Å². The van der Waals surface area contributed by atoms with Crippen molar-refractivity contribution >= 4 is 29.2 Å². The first-order valence-electron chi connectivity index (χ1n) is 8.95. The number of amidine groups is 1. The Morgan fingerprint density at radius 1 is 1.31 bits per heavy atom. The van der Waals surface area contributed by atoms with Gasteiger partial charge in [0.2, 0.25) is 0 Å². The molecule has 0 spiro atoms. The smallest absolute Gasteiger partial charge is 0.125 e. The largest absolute Gasteiger partial charge is 0.398 e. The van der Waals surface area contributed by atoms with Gasteiger partial charge in [0.05, 0.1) is 11.4 Å². The Hall–Kier alpha value is -1.99. The quantitative estimate of drug-likeness (QED) is 0.307. The molecule has 0 amide bonds. The standard InChI is InChI=1S/C19H30N6S/c1-4-5-14-6-7-16(20)15(12-14)19(22)17(21)13-18(23-2)24-8-10-25(26-3)11-9-24/h6-7,12-13,22H,4-5,8-11,20-21H2,1-3H3. The number of anilines is 1. The maximum absolute atomic E-state index is 8.49. The second-order valence-electron chi connectivity index (χ2n) is 6.33. The summed E-state index contributed by atoms with van der Waals surface area (Å²) < 4.78 is 2.33. The Morgan fingerprint density at radius 3 is 2.58 bits per heavy atom. The highest BCUT2D eigenvalue weighted by atomic mass is 32.2. The first-order chi connectivity index (χ1) is 12.5. The Morgan fingerprint density at radius 2 is 2.00 bits per heavy atom. The number of rotatable bonds is 6. The maximum atomic E-state index is 8.49. The Kier molecular flexibility index (Phi) is 7.53. The number of nitrogens with one attached hydrogen (secondary N) is 1. The molecule has 1 aliphatic rings. The van der Waals surface area contributed by atoms with Crippen LogP contribution in [0.3, 0.4) is 0 Å². The van der Waals surface area contributed by atoms with Crippen molar-refractivity contribution in [1.29, 1.82) is 5.41 Å². The van der Waals surface area contributed by atoms with Crippen LogP contribution in [-0.2, 0) is 6.42 Å². The summed E-state index contributed by atoms with van der Waals surface area (Å²) in [7, 11) is 1.76. The minimum atomic E-state index is 0.254. The van der Waals surface area contributed by atoms with E-state index in [2.05, 4.69) is 27.4 Å². The fraction of sp³-hybridized carbons (Fsp3) is 0.474. The molecule has 0 atom stereocenters. The van der Waals surface area contributed by atoms with Crippen LogP contribution in [0.1, 0.15) is 24.5 Å². The van der Waals surface area contributed by atoms with Gasteiger partial charge in [0.15, 0.2) is 0 Å². The van der Waals surface area contributed by atoms with E-state index >= 15 is 0 Å². The molecule has 1 heterocycles. The highest BCUT2D eigenvalue weighted by Gasteiger charge is 2.19. The second-order valence-corrected chi connectivity index (χ2v) is 7.21. The number of nitrogens with two attached hydrogens (primary N) is 2. The van der Waals surface area contributed by atoms with Crippen molar-refractivity contribution in [3.05, 3.63) is 41.1 Å². The van der Waals surface area contributed by atoms with Gasteiger partial charge < -0.3 is 16.4 Å². The molecule has 1 fully saturated rings. The van der Waals surface area contributed by atoms with E-state index in [-0.39, 0.29) is 5.71 Å². The molecule has 0 radical (unpaired) electrons. The van der Waals surface area contributed by atoms with Gasteiger partial charge in [-0.2, -0.15) is 0 Å². The normalized spacial score (nSPS) is 16.8. The summed E-state index contributed by atoms with van der Waals surface area (Å²) in [6, 6.07) is 5.85. The van der Waals surface area contributed by atoms with E-state index in [4.69, 9.17) is 16.9 Å². The fourth-order valence-electron chi connectivity index (χ4n) is 3.03. The van der Waals surface area contributed by atoms with Crippen molar-refractivity contribution in [3.8, 4) is 0 Å². The Balaban J connectivity index is 2.17. The number of allylic oxidation sites excluding steroid dienone is 1. The van der Waals surface area contributed by atoms with Crippen LogP contribution in [0.5, 0.6) is 0 Å². The van der Waals surface area contributed by atoms with Crippen LogP contribution in [0.25, 0.3) is 0 Å². The topological polar surface area (TPSA) is 94.7 Å². The highest BCUT2D eigenvalue weighted by Crippen LogP contribution is 2.18. The zero-order valence-corrected chi connectivity index (χ0v) is 16.8. The Labute approximate surface area is 161 Å². The summed E-state index contributed by atoms with van der Waals surface area (Å²) in [6.45, 7) is 5.91. The van der Waals surface area contributed by atoms with E-state index < -0.39 is 0 Å². The number of nitrogen functional groups attached to an aromatic ring is 1. The van der Waals surface area contributed by atoms with Gasteiger partial charge in [-0.15, -0.1) is 0 Å². The average Bonchev–Trinajstić information content (AvgIpc) is 2.67. The molecule has 2 rings (SSSR count). The molecule has 0 bridgehead atoms. The molecule has 0 saturated carbocycles. The van der Waals surface area contributed by atoms with Gasteiger partial charge in [0.25, 0.3) is 0 Å². The maximum Gasteiger partial charge on any atom is 0.125 e. The number of nitrogens with zero attached hydrogens (tertiary/aromatic N) is 3. The molecular formula is C19H30N6S. The number of hydrogen-bond acceptors (Lipinski definition) is 6. The third-order valence-corrected chi connectivity index (χ3v) is 5.43. The average molecular weight is 375 g/mol. The summed E-state index contributed by atoms with van der Waals surface area (Å²) >= 11 is 1.77. The molecule has 1 aromatic carbocycles. The van der Waals surface area contributed by atoms with E-state index in [0.717, 1.165) is 44.9 Å². The second kappa shape index (κ2) is 9.64. The first-order valence-corrected chi connectivity index (χ1v) is 10.1. The number of benzene rings is 1. The lowest BCUT2D eigenvalue weighted by molar-refractivity contribution is 0.283. The molecule has 5 N–H and O–H groups in total. The summed E-state index contributed by atoms with van der Waals surface area (Å²) in [5.41, 5.74) is 15.4. The zero-order chi connectivity index (χ0) is 19.1. The third kappa shape index (κ3) is 5.02. The molecule has 26 heavy (non-hydrogen) atoms. The van der Waals surface area contributed by atoms with E-state index in [1.807, 2.05) is 18.2 Å². The molecular weight excluding hydrogens is 344 g/mol. The van der Waals surface area contributed by atoms with Crippen molar-refractivity contribution in [3.63, 3.8) is 0 Å². The van der Waals surface area contributed by atoms with Crippen LogP contribution < -0.4 is 11.5 Å². The van der Waals surface area contributed by atoms with E-state index in [1.165, 1.54) is 5.56 Å². The molecule has 0 aliphatic carbocycles. The minimum Gasteiger partial charge on any atom is -0.398 e. The number of piperazine rings is 1. The van der Waals surface area contributed by atoms with Crippen molar-refractivity contribution in [2.75, 3.05) is 45.2 Å². The number of aryl methyl sites for hydroxylation is 1. The molecule has 1 saturated heterocycles. The van der Waals surface area contributed by atoms with Crippen molar-refractivity contribution in [2.24, 2.45) is 10.7 Å². The van der Waals surface area contributed by atoms with Crippen LogP contribution in [-0.4, -0.2) is 60.2 Å². The van der Waals surface area contributed by atoms with Gasteiger partial charge in [0.1, 0.15) is 5.84 Å². The predicted molar refractivity (Wildman–Crippen MR) is 114 cm³/mol. The van der Waals surface area contributed by atoms with Gasteiger partial charge in [-0.05, 0) is 30.4 Å². The number of hydrogen-bond donors (Lipinski definition) is 3. The van der Waals surface area contributed by atoms with Crippen molar-refractivity contribution in [1.82, 2.24) is 9.21 Å². The van der Waals surface area contributed by atoms with Gasteiger partial charge in [-0.25, -0.2) is 4.31 Å². The van der Waals surface area contributed by atoms with Crippen LogP contribution in [0.2, 0.25) is 0 Å².